The molecule has 2 heterocycles. The molecule has 0 saturated carbocycles. The van der Waals surface area contributed by atoms with Crippen molar-refractivity contribution in [1.29, 1.82) is 0 Å². The number of nitrogens with zero attached hydrogens (tertiary/aromatic N) is 4. The van der Waals surface area contributed by atoms with E-state index in [1.807, 2.05) is 6.07 Å². The highest BCUT2D eigenvalue weighted by Gasteiger charge is 2.26. The minimum Gasteiger partial charge on any atom is -0.502 e. The summed E-state index contributed by atoms with van der Waals surface area (Å²) >= 11 is 0. The summed E-state index contributed by atoms with van der Waals surface area (Å²) in [4.78, 5) is 17.6. The number of rotatable bonds is 24. The molecule has 1 aliphatic rings. The molecule has 0 aliphatic heterocycles. The Hall–Kier alpha value is -5.12. The molecule has 1 unspecified atom stereocenters. The maximum absolute atomic E-state index is 5.92. The Bertz CT molecular complexity index is 1630. The molecule has 5 rings (SSSR count). The van der Waals surface area contributed by atoms with Gasteiger partial charge in [0, 0.05) is 12.3 Å². The van der Waals surface area contributed by atoms with Crippen molar-refractivity contribution < 1.29 is 28.4 Å². The Kier molecular flexibility index (Phi) is 14.3. The molecule has 0 fully saturated rings. The summed E-state index contributed by atoms with van der Waals surface area (Å²) in [7, 11) is 0. The summed E-state index contributed by atoms with van der Waals surface area (Å²) in [5.41, 5.74) is 6.14. The van der Waals surface area contributed by atoms with E-state index in [1.165, 1.54) is 40.3 Å². The molecule has 0 spiro atoms. The van der Waals surface area contributed by atoms with Crippen molar-refractivity contribution in [1.82, 2.24) is 19.9 Å². The van der Waals surface area contributed by atoms with Crippen LogP contribution in [0.15, 0.2) is 86.9 Å². The van der Waals surface area contributed by atoms with Crippen LogP contribution in [0.2, 0.25) is 0 Å². The largest absolute Gasteiger partial charge is 0.502 e. The highest BCUT2D eigenvalue weighted by molar-refractivity contribution is 5.79. The predicted octanol–water partition coefficient (Wildman–Crippen LogP) is 8.60. The van der Waals surface area contributed by atoms with Gasteiger partial charge in [-0.05, 0) is 91.3 Å². The fraction of sp³-hybridized carbons (Fsp3) is 0.400. The Morgan fingerprint density at radius 1 is 0.580 bits per heavy atom. The van der Waals surface area contributed by atoms with Crippen molar-refractivity contribution in [3.8, 4) is 34.4 Å². The first-order chi connectivity index (χ1) is 24.6. The third-order valence-electron chi connectivity index (χ3n) is 8.51. The number of benzene rings is 2. The summed E-state index contributed by atoms with van der Waals surface area (Å²) in [6, 6.07) is 13.0. The van der Waals surface area contributed by atoms with E-state index < -0.39 is 0 Å². The Labute approximate surface area is 295 Å². The maximum atomic E-state index is 5.92. The zero-order chi connectivity index (χ0) is 34.8. The first kappa shape index (κ1) is 36.2. The molecule has 1 atom stereocenters. The van der Waals surface area contributed by atoms with Gasteiger partial charge in [-0.15, -0.1) is 0 Å². The molecular weight excluding hydrogens is 632 g/mol. The van der Waals surface area contributed by atoms with Crippen LogP contribution >= 0.6 is 0 Å². The van der Waals surface area contributed by atoms with Gasteiger partial charge >= 0.3 is 6.01 Å². The quantitative estimate of drug-likeness (QED) is 0.0406. The van der Waals surface area contributed by atoms with Crippen molar-refractivity contribution in [3.05, 3.63) is 109 Å². The minimum atomic E-state index is -0.00385. The van der Waals surface area contributed by atoms with Gasteiger partial charge in [-0.3, -0.25) is 0 Å². The second-order valence-electron chi connectivity index (χ2n) is 12.1. The van der Waals surface area contributed by atoms with Gasteiger partial charge in [0.1, 0.15) is 11.6 Å². The van der Waals surface area contributed by atoms with E-state index in [-0.39, 0.29) is 18.7 Å². The van der Waals surface area contributed by atoms with Gasteiger partial charge in [-0.2, -0.15) is 9.97 Å². The van der Waals surface area contributed by atoms with Crippen LogP contribution in [-0.4, -0.2) is 53.2 Å². The topological polar surface area (TPSA) is 107 Å². The first-order valence-corrected chi connectivity index (χ1v) is 17.5. The lowest BCUT2D eigenvalue weighted by atomic mass is 9.97. The number of ether oxygens (including phenoxy) is 6. The normalized spacial score (nSPS) is 12.8. The average Bonchev–Trinajstić information content (AvgIpc) is 3.42. The van der Waals surface area contributed by atoms with Crippen LogP contribution in [0.1, 0.15) is 86.7 Å². The predicted molar refractivity (Wildman–Crippen MR) is 193 cm³/mol. The second kappa shape index (κ2) is 19.8. The van der Waals surface area contributed by atoms with E-state index in [2.05, 4.69) is 70.3 Å². The fourth-order valence-electron chi connectivity index (χ4n) is 5.85. The molecule has 0 bridgehead atoms. The Balaban J connectivity index is 1.03. The van der Waals surface area contributed by atoms with Crippen LogP contribution < -0.4 is 18.9 Å². The van der Waals surface area contributed by atoms with E-state index >= 15 is 0 Å². The van der Waals surface area contributed by atoms with Gasteiger partial charge in [0.2, 0.25) is 6.79 Å². The smallest absolute Gasteiger partial charge is 0.319 e. The molecule has 0 N–H and O–H groups in total. The molecule has 10 nitrogen and oxygen atoms in total. The summed E-state index contributed by atoms with van der Waals surface area (Å²) in [6.45, 7) is 12.0. The van der Waals surface area contributed by atoms with Gasteiger partial charge in [-0.1, -0.05) is 44.3 Å². The lowest BCUT2D eigenvalue weighted by Gasteiger charge is -2.11. The summed E-state index contributed by atoms with van der Waals surface area (Å²) in [5, 5.41) is 0. The molecular formula is C40H48N4O6. The van der Waals surface area contributed by atoms with Gasteiger partial charge in [0.25, 0.3) is 0 Å². The summed E-state index contributed by atoms with van der Waals surface area (Å²) in [5.74, 6) is 3.03. The zero-order valence-corrected chi connectivity index (χ0v) is 29.1. The molecule has 50 heavy (non-hydrogen) atoms. The molecule has 2 aromatic carbocycles. The third kappa shape index (κ3) is 10.9. The highest BCUT2D eigenvalue weighted by atomic mass is 16.7. The van der Waals surface area contributed by atoms with E-state index in [0.29, 0.717) is 37.7 Å². The second-order valence-corrected chi connectivity index (χ2v) is 12.1. The van der Waals surface area contributed by atoms with Crippen LogP contribution in [0.5, 0.6) is 23.3 Å². The third-order valence-corrected chi connectivity index (χ3v) is 8.51. The van der Waals surface area contributed by atoms with E-state index in [9.17, 15) is 0 Å². The first-order valence-electron chi connectivity index (χ1n) is 17.5. The molecule has 10 heteroatoms. The van der Waals surface area contributed by atoms with Crippen LogP contribution in [0.4, 0.5) is 0 Å². The van der Waals surface area contributed by atoms with Gasteiger partial charge < -0.3 is 28.4 Å². The number of hydrogen-bond acceptors (Lipinski definition) is 10. The molecule has 0 radical (unpaired) electrons. The van der Waals surface area contributed by atoms with Crippen molar-refractivity contribution in [2.24, 2.45) is 0 Å². The molecule has 1 aliphatic carbocycles. The van der Waals surface area contributed by atoms with Crippen molar-refractivity contribution in [3.63, 3.8) is 0 Å². The molecule has 0 amide bonds. The number of hydrogen-bond donors (Lipinski definition) is 0. The standard InChI is InChI=1S/C40H48N4O6/c1-4-45-18-10-6-8-12-20-47-33-25-41-39(42-26-33)23-31-14-16-35-36-17-15-32(24-38(36)30(3)37(35)22-31)49-29-50-40-43-27-34(28-44-40)48-21-13-9-7-11-19-46-5-2/h4-5,14-17,22,24-28,30H,1-2,6-13,18-21,23,29H2,3H3. The lowest BCUT2D eigenvalue weighted by Crippen LogP contribution is -2.08. The SMILES string of the molecule is C=COCCCCCCOc1cnc(Cc2ccc3c(c2)C(C)c2cc(OCOc4ncc(OCCCCCCOC=C)cn4)ccc2-3)nc1. The maximum Gasteiger partial charge on any atom is 0.319 e. The van der Waals surface area contributed by atoms with E-state index in [4.69, 9.17) is 28.4 Å². The molecule has 2 aromatic heterocycles. The van der Waals surface area contributed by atoms with Crippen LogP contribution in [0.3, 0.4) is 0 Å². The number of fused-ring (bicyclic) bond motifs is 3. The van der Waals surface area contributed by atoms with Crippen molar-refractivity contribution in [2.75, 3.05) is 33.2 Å². The van der Waals surface area contributed by atoms with Crippen molar-refractivity contribution >= 4 is 0 Å². The van der Waals surface area contributed by atoms with E-state index in [0.717, 1.165) is 69.5 Å². The van der Waals surface area contributed by atoms with Gasteiger partial charge in [0.05, 0.1) is 63.7 Å². The summed E-state index contributed by atoms with van der Waals surface area (Å²) in [6.07, 6.45) is 18.8. The molecule has 0 saturated heterocycles. The average molecular weight is 681 g/mol. The summed E-state index contributed by atoms with van der Waals surface area (Å²) < 4.78 is 33.4. The zero-order valence-electron chi connectivity index (χ0n) is 29.1. The number of aromatic nitrogens is 4. The van der Waals surface area contributed by atoms with Gasteiger partial charge in [-0.25, -0.2) is 9.97 Å². The molecule has 4 aromatic rings. The fourth-order valence-corrected chi connectivity index (χ4v) is 5.85. The monoisotopic (exact) mass is 680 g/mol. The van der Waals surface area contributed by atoms with E-state index in [1.54, 1.807) is 24.8 Å². The van der Waals surface area contributed by atoms with Crippen LogP contribution in [-0.2, 0) is 15.9 Å². The highest BCUT2D eigenvalue weighted by Crippen LogP contribution is 2.46. The minimum absolute atomic E-state index is 0.00385. The van der Waals surface area contributed by atoms with Crippen LogP contribution in [0, 0.1) is 0 Å². The Morgan fingerprint density at radius 2 is 1.12 bits per heavy atom. The number of unbranched alkanes of at least 4 members (excludes halogenated alkanes) is 6. The van der Waals surface area contributed by atoms with Crippen LogP contribution in [0.25, 0.3) is 11.1 Å². The molecule has 264 valence electrons. The van der Waals surface area contributed by atoms with Crippen molar-refractivity contribution in [2.45, 2.75) is 70.6 Å². The Morgan fingerprint density at radius 3 is 1.72 bits per heavy atom. The lowest BCUT2D eigenvalue weighted by molar-refractivity contribution is 0.109. The van der Waals surface area contributed by atoms with Gasteiger partial charge in [0.15, 0.2) is 11.5 Å².